The quantitative estimate of drug-likeness (QED) is 0.513. The highest BCUT2D eigenvalue weighted by molar-refractivity contribution is 9.10. The summed E-state index contributed by atoms with van der Waals surface area (Å²) in [5, 5.41) is 5.65. The monoisotopic (exact) mass is 446 g/mol. The molecule has 0 radical (unpaired) electrons. The van der Waals surface area contributed by atoms with E-state index in [4.69, 9.17) is 4.74 Å². The molecule has 0 fully saturated rings. The number of rotatable bonds is 7. The number of carbonyl (C=O) groups is 1. The van der Waals surface area contributed by atoms with Crippen molar-refractivity contribution in [2.75, 3.05) is 17.2 Å². The van der Waals surface area contributed by atoms with Gasteiger partial charge in [-0.3, -0.25) is 4.79 Å². The summed E-state index contributed by atoms with van der Waals surface area (Å²) in [7, 11) is 0. The Morgan fingerprint density at radius 3 is 2.46 bits per heavy atom. The molecule has 3 rings (SSSR count). The molecule has 0 aliphatic carbocycles. The second kappa shape index (κ2) is 9.32. The molecule has 1 amide bonds. The molecule has 0 saturated heterocycles. The summed E-state index contributed by atoms with van der Waals surface area (Å²) in [5.74, 6) is -0.753. The number of benzene rings is 3. The van der Waals surface area contributed by atoms with E-state index in [1.54, 1.807) is 30.3 Å². The van der Waals surface area contributed by atoms with Crippen molar-refractivity contribution in [1.29, 1.82) is 0 Å². The van der Waals surface area contributed by atoms with E-state index in [1.807, 2.05) is 12.1 Å². The maximum absolute atomic E-state index is 13.5. The van der Waals surface area contributed by atoms with Crippen LogP contribution in [0.25, 0.3) is 0 Å². The van der Waals surface area contributed by atoms with Crippen molar-refractivity contribution < 1.29 is 18.3 Å². The maximum atomic E-state index is 13.5. The van der Waals surface area contributed by atoms with Crippen LogP contribution in [0.15, 0.2) is 71.2 Å². The standard InChI is InChI=1S/C21H17BrF2N2O2/c22-17-11-14(12-25-16-8-6-15(23)7-9-16)5-10-20(17)28-13-21(27)26-19-4-2-1-3-18(19)24/h1-11,25H,12-13H2,(H,26,27). The van der Waals surface area contributed by atoms with Gasteiger partial charge in [-0.05, 0) is 70.0 Å². The summed E-state index contributed by atoms with van der Waals surface area (Å²) >= 11 is 3.42. The molecule has 0 saturated carbocycles. The average Bonchev–Trinajstić information content (AvgIpc) is 2.68. The van der Waals surface area contributed by atoms with Crippen molar-refractivity contribution in [3.05, 3.63) is 88.4 Å². The average molecular weight is 447 g/mol. The van der Waals surface area contributed by atoms with Gasteiger partial charge < -0.3 is 15.4 Å². The van der Waals surface area contributed by atoms with Crippen molar-refractivity contribution in [1.82, 2.24) is 0 Å². The summed E-state index contributed by atoms with van der Waals surface area (Å²) in [6.07, 6.45) is 0. The Balaban J connectivity index is 1.53. The zero-order valence-corrected chi connectivity index (χ0v) is 16.3. The van der Waals surface area contributed by atoms with E-state index < -0.39 is 11.7 Å². The van der Waals surface area contributed by atoms with Gasteiger partial charge in [0.15, 0.2) is 6.61 Å². The van der Waals surface area contributed by atoms with Crippen LogP contribution in [-0.4, -0.2) is 12.5 Å². The number of para-hydroxylation sites is 1. The first kappa shape index (κ1) is 19.8. The fourth-order valence-corrected chi connectivity index (χ4v) is 2.98. The zero-order valence-electron chi connectivity index (χ0n) is 14.7. The smallest absolute Gasteiger partial charge is 0.262 e. The van der Waals surface area contributed by atoms with E-state index in [-0.39, 0.29) is 18.1 Å². The van der Waals surface area contributed by atoms with Crippen molar-refractivity contribution in [3.63, 3.8) is 0 Å². The summed E-state index contributed by atoms with van der Waals surface area (Å²) in [6, 6.07) is 17.5. The van der Waals surface area contributed by atoms with Gasteiger partial charge in [0.25, 0.3) is 5.91 Å². The molecule has 7 heteroatoms. The normalized spacial score (nSPS) is 10.4. The van der Waals surface area contributed by atoms with E-state index in [0.29, 0.717) is 16.8 Å². The molecular weight excluding hydrogens is 430 g/mol. The number of nitrogens with one attached hydrogen (secondary N) is 2. The van der Waals surface area contributed by atoms with Crippen molar-refractivity contribution in [3.8, 4) is 5.75 Å². The fourth-order valence-electron chi connectivity index (χ4n) is 2.44. The summed E-state index contributed by atoms with van der Waals surface area (Å²) in [4.78, 5) is 11.9. The van der Waals surface area contributed by atoms with E-state index in [9.17, 15) is 13.6 Å². The molecule has 3 aromatic rings. The van der Waals surface area contributed by atoms with Crippen LogP contribution in [0.3, 0.4) is 0 Å². The fraction of sp³-hybridized carbons (Fsp3) is 0.0952. The Kier molecular flexibility index (Phi) is 6.60. The molecular formula is C21H17BrF2N2O2. The lowest BCUT2D eigenvalue weighted by molar-refractivity contribution is -0.118. The minimum absolute atomic E-state index is 0.109. The predicted octanol–water partition coefficient (Wildman–Crippen LogP) is 5.36. The lowest BCUT2D eigenvalue weighted by Crippen LogP contribution is -2.20. The highest BCUT2D eigenvalue weighted by Gasteiger charge is 2.09. The number of ether oxygens (including phenoxy) is 1. The zero-order chi connectivity index (χ0) is 19.9. The van der Waals surface area contributed by atoms with Gasteiger partial charge in [-0.2, -0.15) is 0 Å². The second-order valence-electron chi connectivity index (χ2n) is 5.94. The van der Waals surface area contributed by atoms with Gasteiger partial charge in [0.05, 0.1) is 10.2 Å². The molecule has 0 spiro atoms. The molecule has 28 heavy (non-hydrogen) atoms. The highest BCUT2D eigenvalue weighted by atomic mass is 79.9. The van der Waals surface area contributed by atoms with Crippen LogP contribution >= 0.6 is 15.9 Å². The van der Waals surface area contributed by atoms with Gasteiger partial charge in [-0.15, -0.1) is 0 Å². The second-order valence-corrected chi connectivity index (χ2v) is 6.80. The summed E-state index contributed by atoms with van der Waals surface area (Å²) in [5.41, 5.74) is 1.89. The van der Waals surface area contributed by atoms with Gasteiger partial charge in [0.1, 0.15) is 17.4 Å². The molecule has 0 aromatic heterocycles. The topological polar surface area (TPSA) is 50.4 Å². The molecule has 2 N–H and O–H groups in total. The van der Waals surface area contributed by atoms with Gasteiger partial charge in [-0.25, -0.2) is 8.78 Å². The van der Waals surface area contributed by atoms with Crippen molar-refractivity contribution in [2.45, 2.75) is 6.54 Å². The minimum Gasteiger partial charge on any atom is -0.483 e. The maximum Gasteiger partial charge on any atom is 0.262 e. The third-order valence-corrected chi connectivity index (χ3v) is 4.46. The molecule has 0 aliphatic rings. The molecule has 0 heterocycles. The number of hydrogen-bond donors (Lipinski definition) is 2. The predicted molar refractivity (Wildman–Crippen MR) is 108 cm³/mol. The number of anilines is 2. The van der Waals surface area contributed by atoms with Gasteiger partial charge in [0, 0.05) is 12.2 Å². The van der Waals surface area contributed by atoms with Crippen LogP contribution in [0.5, 0.6) is 5.75 Å². The molecule has 0 unspecified atom stereocenters. The molecule has 144 valence electrons. The van der Waals surface area contributed by atoms with E-state index in [1.165, 1.54) is 24.3 Å². The Labute approximate surface area is 169 Å². The lowest BCUT2D eigenvalue weighted by atomic mass is 10.2. The molecule has 0 aliphatic heterocycles. The summed E-state index contributed by atoms with van der Waals surface area (Å²) < 4.78 is 32.7. The van der Waals surface area contributed by atoms with Crippen LogP contribution in [0, 0.1) is 11.6 Å². The van der Waals surface area contributed by atoms with Crippen LogP contribution < -0.4 is 15.4 Å². The first-order chi connectivity index (χ1) is 13.5. The van der Waals surface area contributed by atoms with Crippen LogP contribution in [0.2, 0.25) is 0 Å². The van der Waals surface area contributed by atoms with Crippen molar-refractivity contribution >= 4 is 33.2 Å². The van der Waals surface area contributed by atoms with E-state index in [2.05, 4.69) is 26.6 Å². The third-order valence-electron chi connectivity index (χ3n) is 3.84. The number of amides is 1. The van der Waals surface area contributed by atoms with E-state index in [0.717, 1.165) is 11.3 Å². The minimum atomic E-state index is -0.505. The van der Waals surface area contributed by atoms with Gasteiger partial charge >= 0.3 is 0 Å². The SMILES string of the molecule is O=C(COc1ccc(CNc2ccc(F)cc2)cc1Br)Nc1ccccc1F. The Morgan fingerprint density at radius 1 is 1.00 bits per heavy atom. The van der Waals surface area contributed by atoms with Crippen LogP contribution in [0.1, 0.15) is 5.56 Å². The van der Waals surface area contributed by atoms with Gasteiger partial charge in [0.2, 0.25) is 0 Å². The largest absolute Gasteiger partial charge is 0.483 e. The summed E-state index contributed by atoms with van der Waals surface area (Å²) in [6.45, 7) is 0.290. The third kappa shape index (κ3) is 5.53. The van der Waals surface area contributed by atoms with E-state index >= 15 is 0 Å². The van der Waals surface area contributed by atoms with Crippen LogP contribution in [-0.2, 0) is 11.3 Å². The lowest BCUT2D eigenvalue weighted by Gasteiger charge is -2.11. The number of halogens is 3. The molecule has 0 bridgehead atoms. The number of carbonyl (C=O) groups excluding carboxylic acids is 1. The highest BCUT2D eigenvalue weighted by Crippen LogP contribution is 2.26. The first-order valence-corrected chi connectivity index (χ1v) is 9.25. The molecule has 0 atom stereocenters. The molecule has 3 aromatic carbocycles. The van der Waals surface area contributed by atoms with Gasteiger partial charge in [-0.1, -0.05) is 18.2 Å². The van der Waals surface area contributed by atoms with Crippen LogP contribution in [0.4, 0.5) is 20.2 Å². The Hall–Kier alpha value is -2.93. The number of hydrogen-bond acceptors (Lipinski definition) is 3. The Bertz CT molecular complexity index is 965. The first-order valence-electron chi connectivity index (χ1n) is 8.46. The Morgan fingerprint density at radius 2 is 1.75 bits per heavy atom. The molecule has 4 nitrogen and oxygen atoms in total. The van der Waals surface area contributed by atoms with Crippen molar-refractivity contribution in [2.24, 2.45) is 0 Å².